The number of hydrogen-bond acceptors (Lipinski definition) is 3. The Kier molecular flexibility index (Phi) is 4.19. The highest BCUT2D eigenvalue weighted by molar-refractivity contribution is 5.89. The van der Waals surface area contributed by atoms with Crippen LogP contribution in [-0.2, 0) is 9.59 Å². The lowest BCUT2D eigenvalue weighted by Gasteiger charge is -2.31. The van der Waals surface area contributed by atoms with Gasteiger partial charge in [-0.1, -0.05) is 19.3 Å². The van der Waals surface area contributed by atoms with E-state index in [9.17, 15) is 9.59 Å². The molecule has 2 rings (SSSR count). The number of nitrogens with zero attached hydrogens (tertiary/aromatic N) is 2. The van der Waals surface area contributed by atoms with Gasteiger partial charge in [0.05, 0.1) is 12.0 Å². The molecule has 1 aliphatic carbocycles. The van der Waals surface area contributed by atoms with Crippen molar-refractivity contribution in [1.82, 2.24) is 10.2 Å². The van der Waals surface area contributed by atoms with E-state index in [4.69, 9.17) is 5.26 Å². The second kappa shape index (κ2) is 5.85. The van der Waals surface area contributed by atoms with Crippen molar-refractivity contribution in [1.29, 1.82) is 5.26 Å². The Labute approximate surface area is 107 Å². The van der Waals surface area contributed by atoms with Crippen molar-refractivity contribution in [3.8, 4) is 6.07 Å². The van der Waals surface area contributed by atoms with Gasteiger partial charge in [0, 0.05) is 19.0 Å². The van der Waals surface area contributed by atoms with Crippen molar-refractivity contribution in [2.24, 2.45) is 5.92 Å². The third-order valence-electron chi connectivity index (χ3n) is 3.89. The summed E-state index contributed by atoms with van der Waals surface area (Å²) in [5, 5.41) is 11.0. The zero-order chi connectivity index (χ0) is 13.0. The maximum atomic E-state index is 11.9. The fraction of sp³-hybridized carbons (Fsp3) is 0.769. The van der Waals surface area contributed by atoms with Crippen LogP contribution in [0.3, 0.4) is 0 Å². The lowest BCUT2D eigenvalue weighted by Crippen LogP contribution is -2.39. The minimum atomic E-state index is -0.271. The second-order valence-corrected chi connectivity index (χ2v) is 5.11. The standard InChI is InChI=1S/C13H19N3O2/c14-6-7-15-13(18)10-8-12(17)16(9-10)11-4-2-1-3-5-11/h10-11H,1-5,7-9H2,(H,15,18). The molecule has 18 heavy (non-hydrogen) atoms. The summed E-state index contributed by atoms with van der Waals surface area (Å²) in [5.41, 5.74) is 0. The van der Waals surface area contributed by atoms with E-state index >= 15 is 0 Å². The number of nitrogens with one attached hydrogen (secondary N) is 1. The fourth-order valence-corrected chi connectivity index (χ4v) is 2.92. The van der Waals surface area contributed by atoms with Gasteiger partial charge < -0.3 is 10.2 Å². The van der Waals surface area contributed by atoms with Crippen LogP contribution in [0.15, 0.2) is 0 Å². The summed E-state index contributed by atoms with van der Waals surface area (Å²) in [4.78, 5) is 25.6. The SMILES string of the molecule is N#CCNC(=O)C1CC(=O)N(C2CCCCC2)C1. The summed E-state index contributed by atoms with van der Waals surface area (Å²) in [6, 6.07) is 2.21. The third kappa shape index (κ3) is 2.81. The van der Waals surface area contributed by atoms with E-state index in [1.165, 1.54) is 19.3 Å². The van der Waals surface area contributed by atoms with Gasteiger partial charge in [0.1, 0.15) is 6.54 Å². The molecule has 0 aromatic rings. The summed E-state index contributed by atoms with van der Waals surface area (Å²) in [5.74, 6) is -0.338. The molecule has 1 N–H and O–H groups in total. The molecular formula is C13H19N3O2. The van der Waals surface area contributed by atoms with Crippen LogP contribution in [0, 0.1) is 17.2 Å². The highest BCUT2D eigenvalue weighted by atomic mass is 16.2. The molecule has 0 radical (unpaired) electrons. The molecule has 1 unspecified atom stereocenters. The molecule has 1 saturated heterocycles. The molecule has 2 fully saturated rings. The van der Waals surface area contributed by atoms with Crippen molar-refractivity contribution in [3.63, 3.8) is 0 Å². The van der Waals surface area contributed by atoms with E-state index < -0.39 is 0 Å². The summed E-state index contributed by atoms with van der Waals surface area (Å²) < 4.78 is 0. The van der Waals surface area contributed by atoms with Crippen LogP contribution in [0.25, 0.3) is 0 Å². The average Bonchev–Trinajstić information content (AvgIpc) is 2.79. The highest BCUT2D eigenvalue weighted by Gasteiger charge is 2.37. The number of hydrogen-bond donors (Lipinski definition) is 1. The van der Waals surface area contributed by atoms with Crippen LogP contribution in [0.5, 0.6) is 0 Å². The molecule has 1 heterocycles. The summed E-state index contributed by atoms with van der Waals surface area (Å²) in [6.07, 6.45) is 6.05. The van der Waals surface area contributed by atoms with Gasteiger partial charge in [-0.3, -0.25) is 9.59 Å². The lowest BCUT2D eigenvalue weighted by atomic mass is 9.94. The molecule has 5 nitrogen and oxygen atoms in total. The molecular weight excluding hydrogens is 230 g/mol. The molecule has 5 heteroatoms. The number of likely N-dealkylation sites (tertiary alicyclic amines) is 1. The van der Waals surface area contributed by atoms with Crippen LogP contribution in [0.1, 0.15) is 38.5 Å². The van der Waals surface area contributed by atoms with Crippen molar-refractivity contribution >= 4 is 11.8 Å². The Morgan fingerprint density at radius 3 is 2.78 bits per heavy atom. The van der Waals surface area contributed by atoms with Crippen LogP contribution in [0.4, 0.5) is 0 Å². The summed E-state index contributed by atoms with van der Waals surface area (Å²) >= 11 is 0. The maximum Gasteiger partial charge on any atom is 0.226 e. The molecule has 0 spiro atoms. The molecule has 2 aliphatic rings. The van der Waals surface area contributed by atoms with Crippen molar-refractivity contribution in [2.45, 2.75) is 44.6 Å². The van der Waals surface area contributed by atoms with E-state index in [0.717, 1.165) is 12.8 Å². The largest absolute Gasteiger partial charge is 0.343 e. The molecule has 0 bridgehead atoms. The predicted molar refractivity (Wildman–Crippen MR) is 65.3 cm³/mol. The molecule has 1 saturated carbocycles. The smallest absolute Gasteiger partial charge is 0.226 e. The van der Waals surface area contributed by atoms with E-state index in [0.29, 0.717) is 19.0 Å². The Hall–Kier alpha value is -1.57. The Bertz CT molecular complexity index is 369. The van der Waals surface area contributed by atoms with Crippen LogP contribution < -0.4 is 5.32 Å². The minimum Gasteiger partial charge on any atom is -0.343 e. The quantitative estimate of drug-likeness (QED) is 0.752. The third-order valence-corrected chi connectivity index (χ3v) is 3.89. The molecule has 2 amide bonds. The van der Waals surface area contributed by atoms with Gasteiger partial charge in [-0.2, -0.15) is 5.26 Å². The number of rotatable bonds is 3. The summed E-state index contributed by atoms with van der Waals surface area (Å²) in [7, 11) is 0. The molecule has 0 aromatic heterocycles. The molecule has 1 atom stereocenters. The number of carbonyl (C=O) groups excluding carboxylic acids is 2. The van der Waals surface area contributed by atoms with Crippen molar-refractivity contribution in [3.05, 3.63) is 0 Å². The normalized spacial score (nSPS) is 24.9. The zero-order valence-electron chi connectivity index (χ0n) is 10.5. The van der Waals surface area contributed by atoms with Crippen LogP contribution in [0.2, 0.25) is 0 Å². The van der Waals surface area contributed by atoms with Crippen LogP contribution in [-0.4, -0.2) is 35.8 Å². The first-order chi connectivity index (χ1) is 8.72. The number of carbonyl (C=O) groups is 2. The Morgan fingerprint density at radius 2 is 2.11 bits per heavy atom. The maximum absolute atomic E-state index is 11.9. The predicted octanol–water partition coefficient (Wildman–Crippen LogP) is 0.807. The highest BCUT2D eigenvalue weighted by Crippen LogP contribution is 2.28. The summed E-state index contributed by atoms with van der Waals surface area (Å²) in [6.45, 7) is 0.549. The van der Waals surface area contributed by atoms with Gasteiger partial charge in [0.2, 0.25) is 11.8 Å². The Balaban J connectivity index is 1.90. The number of amides is 2. The minimum absolute atomic E-state index is 0.0208. The van der Waals surface area contributed by atoms with E-state index in [-0.39, 0.29) is 24.3 Å². The first-order valence-electron chi connectivity index (χ1n) is 6.66. The van der Waals surface area contributed by atoms with Gasteiger partial charge in [-0.05, 0) is 12.8 Å². The first kappa shape index (κ1) is 12.9. The monoisotopic (exact) mass is 249 g/mol. The van der Waals surface area contributed by atoms with Gasteiger partial charge in [0.15, 0.2) is 0 Å². The van der Waals surface area contributed by atoms with Gasteiger partial charge in [0.25, 0.3) is 0 Å². The van der Waals surface area contributed by atoms with Crippen molar-refractivity contribution in [2.75, 3.05) is 13.1 Å². The van der Waals surface area contributed by atoms with E-state index in [1.54, 1.807) is 0 Å². The molecule has 1 aliphatic heterocycles. The molecule has 98 valence electrons. The first-order valence-corrected chi connectivity index (χ1v) is 6.66. The van der Waals surface area contributed by atoms with Gasteiger partial charge >= 0.3 is 0 Å². The number of nitriles is 1. The van der Waals surface area contributed by atoms with Gasteiger partial charge in [-0.15, -0.1) is 0 Å². The van der Waals surface area contributed by atoms with E-state index in [2.05, 4.69) is 5.32 Å². The zero-order valence-corrected chi connectivity index (χ0v) is 10.5. The van der Waals surface area contributed by atoms with E-state index in [1.807, 2.05) is 11.0 Å². The second-order valence-electron chi connectivity index (χ2n) is 5.11. The Morgan fingerprint density at radius 1 is 1.39 bits per heavy atom. The fourth-order valence-electron chi connectivity index (χ4n) is 2.92. The topological polar surface area (TPSA) is 73.2 Å². The average molecular weight is 249 g/mol. The van der Waals surface area contributed by atoms with Crippen molar-refractivity contribution < 1.29 is 9.59 Å². The van der Waals surface area contributed by atoms with Gasteiger partial charge in [-0.25, -0.2) is 0 Å². The lowest BCUT2D eigenvalue weighted by molar-refractivity contribution is -0.130. The van der Waals surface area contributed by atoms with Crippen LogP contribution >= 0.6 is 0 Å². The molecule has 0 aromatic carbocycles.